The van der Waals surface area contributed by atoms with Gasteiger partial charge in [-0.1, -0.05) is 66.2 Å². The van der Waals surface area contributed by atoms with Gasteiger partial charge in [-0.25, -0.2) is 0 Å². The van der Waals surface area contributed by atoms with Gasteiger partial charge in [0.05, 0.1) is 0 Å². The third kappa shape index (κ3) is 13.9. The fourth-order valence-electron chi connectivity index (χ4n) is 2.04. The molecular weight excluding hydrogens is 208 g/mol. The summed E-state index contributed by atoms with van der Waals surface area (Å²) in [5.74, 6) is 1.70. The lowest BCUT2D eigenvalue weighted by atomic mass is 9.98. The van der Waals surface area contributed by atoms with Crippen LogP contribution in [0, 0.1) is 11.8 Å². The van der Waals surface area contributed by atoms with Crippen molar-refractivity contribution in [1.29, 1.82) is 0 Å². The van der Waals surface area contributed by atoms with E-state index in [1.165, 1.54) is 51.4 Å². The van der Waals surface area contributed by atoms with Gasteiger partial charge in [-0.15, -0.1) is 0 Å². The molecule has 0 radical (unpaired) electrons. The molecule has 0 bridgehead atoms. The normalized spacial score (nSPS) is 13.2. The summed E-state index contributed by atoms with van der Waals surface area (Å²) in [5, 5.41) is 0. The smallest absolute Gasteiger partial charge is 0.0468 e. The Bertz CT molecular complexity index is 142. The molecule has 0 aromatic heterocycles. The SMILES string of the molecule is CCCCCCOCCC(C)CCCC(C)C. The number of hydrogen-bond acceptors (Lipinski definition) is 1. The molecule has 0 aromatic rings. The molecule has 0 spiro atoms. The molecule has 1 atom stereocenters. The van der Waals surface area contributed by atoms with Gasteiger partial charge in [0.1, 0.15) is 0 Å². The lowest BCUT2D eigenvalue weighted by Crippen LogP contribution is -2.03. The van der Waals surface area contributed by atoms with Crippen LogP contribution in [0.1, 0.15) is 79.1 Å². The molecule has 104 valence electrons. The molecule has 0 aliphatic carbocycles. The zero-order valence-electron chi connectivity index (χ0n) is 12.6. The summed E-state index contributed by atoms with van der Waals surface area (Å²) < 4.78 is 5.68. The van der Waals surface area contributed by atoms with Crippen molar-refractivity contribution >= 4 is 0 Å². The molecule has 0 aromatic carbocycles. The predicted molar refractivity (Wildman–Crippen MR) is 77.4 cm³/mol. The highest BCUT2D eigenvalue weighted by molar-refractivity contribution is 4.55. The Balaban J connectivity index is 3.13. The molecule has 1 nitrogen and oxygen atoms in total. The van der Waals surface area contributed by atoms with Gasteiger partial charge in [0.2, 0.25) is 0 Å². The van der Waals surface area contributed by atoms with Crippen LogP contribution in [0.3, 0.4) is 0 Å². The molecule has 0 aliphatic heterocycles. The van der Waals surface area contributed by atoms with Crippen molar-refractivity contribution in [3.8, 4) is 0 Å². The van der Waals surface area contributed by atoms with E-state index in [0.29, 0.717) is 0 Å². The van der Waals surface area contributed by atoms with Gasteiger partial charge in [-0.05, 0) is 24.7 Å². The number of unbranched alkanes of at least 4 members (excludes halogenated alkanes) is 3. The van der Waals surface area contributed by atoms with Crippen molar-refractivity contribution in [2.24, 2.45) is 11.8 Å². The largest absolute Gasteiger partial charge is 0.381 e. The number of hydrogen-bond donors (Lipinski definition) is 0. The van der Waals surface area contributed by atoms with Crippen LogP contribution in [0.5, 0.6) is 0 Å². The first-order chi connectivity index (χ1) is 8.16. The third-order valence-electron chi connectivity index (χ3n) is 3.38. The zero-order chi connectivity index (χ0) is 12.9. The molecule has 0 aliphatic rings. The Morgan fingerprint density at radius 1 is 0.765 bits per heavy atom. The third-order valence-corrected chi connectivity index (χ3v) is 3.38. The first-order valence-electron chi connectivity index (χ1n) is 7.74. The monoisotopic (exact) mass is 242 g/mol. The Morgan fingerprint density at radius 2 is 1.53 bits per heavy atom. The van der Waals surface area contributed by atoms with E-state index < -0.39 is 0 Å². The molecule has 0 N–H and O–H groups in total. The molecule has 1 unspecified atom stereocenters. The van der Waals surface area contributed by atoms with Gasteiger partial charge in [0.15, 0.2) is 0 Å². The molecule has 17 heavy (non-hydrogen) atoms. The Hall–Kier alpha value is -0.0400. The minimum absolute atomic E-state index is 0.837. The first kappa shape index (κ1) is 17.0. The van der Waals surface area contributed by atoms with E-state index in [1.54, 1.807) is 0 Å². The summed E-state index contributed by atoms with van der Waals surface area (Å²) in [6.45, 7) is 11.2. The van der Waals surface area contributed by atoms with Crippen LogP contribution in [0.25, 0.3) is 0 Å². The molecule has 0 fully saturated rings. The summed E-state index contributed by atoms with van der Waals surface area (Å²) in [6, 6.07) is 0. The summed E-state index contributed by atoms with van der Waals surface area (Å²) in [4.78, 5) is 0. The van der Waals surface area contributed by atoms with Crippen LogP contribution in [-0.4, -0.2) is 13.2 Å². The van der Waals surface area contributed by atoms with Crippen LogP contribution in [0.4, 0.5) is 0 Å². The average molecular weight is 242 g/mol. The fraction of sp³-hybridized carbons (Fsp3) is 1.00. The van der Waals surface area contributed by atoms with E-state index in [4.69, 9.17) is 4.74 Å². The summed E-state index contributed by atoms with van der Waals surface area (Å²) >= 11 is 0. The predicted octanol–water partition coefficient (Wildman–Crippen LogP) is 5.44. The van der Waals surface area contributed by atoms with Gasteiger partial charge >= 0.3 is 0 Å². The fourth-order valence-corrected chi connectivity index (χ4v) is 2.04. The molecular formula is C16H34O. The van der Waals surface area contributed by atoms with E-state index in [-0.39, 0.29) is 0 Å². The highest BCUT2D eigenvalue weighted by atomic mass is 16.5. The summed E-state index contributed by atoms with van der Waals surface area (Å²) in [5.41, 5.74) is 0. The van der Waals surface area contributed by atoms with Gasteiger partial charge in [0.25, 0.3) is 0 Å². The molecule has 0 heterocycles. The Kier molecular flexibility index (Phi) is 12.4. The maximum Gasteiger partial charge on any atom is 0.0468 e. The average Bonchev–Trinajstić information content (AvgIpc) is 2.27. The van der Waals surface area contributed by atoms with E-state index in [1.807, 2.05) is 0 Å². The quantitative estimate of drug-likeness (QED) is 0.414. The van der Waals surface area contributed by atoms with E-state index in [9.17, 15) is 0 Å². The summed E-state index contributed by atoms with van der Waals surface area (Å²) in [6.07, 6.45) is 10.6. The number of rotatable bonds is 12. The first-order valence-corrected chi connectivity index (χ1v) is 7.74. The molecule has 0 rings (SSSR count). The van der Waals surface area contributed by atoms with Gasteiger partial charge < -0.3 is 4.74 Å². The maximum absolute atomic E-state index is 5.68. The summed E-state index contributed by atoms with van der Waals surface area (Å²) in [7, 11) is 0. The standard InChI is InChI=1S/C16H34O/c1-5-6-7-8-13-17-14-12-16(4)11-9-10-15(2)3/h15-16H,5-14H2,1-4H3. The van der Waals surface area contributed by atoms with Crippen molar-refractivity contribution in [2.45, 2.75) is 79.1 Å². The lowest BCUT2D eigenvalue weighted by Gasteiger charge is -2.12. The molecule has 0 saturated carbocycles. The van der Waals surface area contributed by atoms with Crippen molar-refractivity contribution in [3.63, 3.8) is 0 Å². The van der Waals surface area contributed by atoms with E-state index in [2.05, 4.69) is 27.7 Å². The van der Waals surface area contributed by atoms with E-state index >= 15 is 0 Å². The van der Waals surface area contributed by atoms with Crippen LogP contribution < -0.4 is 0 Å². The Labute approximate surface area is 109 Å². The van der Waals surface area contributed by atoms with Crippen molar-refractivity contribution < 1.29 is 4.74 Å². The zero-order valence-corrected chi connectivity index (χ0v) is 12.6. The minimum Gasteiger partial charge on any atom is -0.381 e. The second-order valence-electron chi connectivity index (χ2n) is 5.89. The van der Waals surface area contributed by atoms with Crippen molar-refractivity contribution in [1.82, 2.24) is 0 Å². The Morgan fingerprint density at radius 3 is 2.18 bits per heavy atom. The van der Waals surface area contributed by atoms with Crippen molar-refractivity contribution in [2.75, 3.05) is 13.2 Å². The highest BCUT2D eigenvalue weighted by Crippen LogP contribution is 2.15. The van der Waals surface area contributed by atoms with Crippen molar-refractivity contribution in [3.05, 3.63) is 0 Å². The lowest BCUT2D eigenvalue weighted by molar-refractivity contribution is 0.116. The van der Waals surface area contributed by atoms with Crippen LogP contribution >= 0.6 is 0 Å². The molecule has 0 amide bonds. The van der Waals surface area contributed by atoms with Crippen LogP contribution in [0.2, 0.25) is 0 Å². The highest BCUT2D eigenvalue weighted by Gasteiger charge is 2.03. The van der Waals surface area contributed by atoms with Gasteiger partial charge in [-0.2, -0.15) is 0 Å². The van der Waals surface area contributed by atoms with Gasteiger partial charge in [-0.3, -0.25) is 0 Å². The topological polar surface area (TPSA) is 9.23 Å². The molecule has 0 saturated heterocycles. The van der Waals surface area contributed by atoms with Crippen LogP contribution in [0.15, 0.2) is 0 Å². The second-order valence-corrected chi connectivity index (χ2v) is 5.89. The van der Waals surface area contributed by atoms with E-state index in [0.717, 1.165) is 25.0 Å². The minimum atomic E-state index is 0.837. The van der Waals surface area contributed by atoms with Gasteiger partial charge in [0, 0.05) is 13.2 Å². The van der Waals surface area contributed by atoms with Crippen LogP contribution in [-0.2, 0) is 4.74 Å². The second kappa shape index (κ2) is 12.4. The molecule has 1 heteroatoms. The number of ether oxygens (including phenoxy) is 1. The maximum atomic E-state index is 5.68.